The predicted molar refractivity (Wildman–Crippen MR) is 292 cm³/mol. The number of anilines is 3. The average Bonchev–Trinajstić information content (AvgIpc) is 3.88. The second-order valence-corrected chi connectivity index (χ2v) is 18.8. The van der Waals surface area contributed by atoms with E-state index in [0.29, 0.717) is 0 Å². The molecule has 1 aliphatic rings. The van der Waals surface area contributed by atoms with Crippen molar-refractivity contribution in [2.24, 2.45) is 0 Å². The summed E-state index contributed by atoms with van der Waals surface area (Å²) in [6.45, 7) is 4.71. The molecule has 0 fully saturated rings. The Morgan fingerprint density at radius 3 is 1.61 bits per heavy atom. The van der Waals surface area contributed by atoms with Crippen molar-refractivity contribution in [3.8, 4) is 61.3 Å². The van der Waals surface area contributed by atoms with Gasteiger partial charge in [0.25, 0.3) is 0 Å². The number of hydrogen-bond acceptors (Lipinski definition) is 1. The lowest BCUT2D eigenvalue weighted by atomic mass is 9.82. The third kappa shape index (κ3) is 6.48. The summed E-state index contributed by atoms with van der Waals surface area (Å²) >= 11 is 0. The van der Waals surface area contributed by atoms with Gasteiger partial charge in [-0.3, -0.25) is 0 Å². The van der Waals surface area contributed by atoms with Crippen molar-refractivity contribution < 1.29 is 0 Å². The minimum Gasteiger partial charge on any atom is -0.309 e. The van der Waals surface area contributed by atoms with Gasteiger partial charge in [-0.15, -0.1) is 0 Å². The normalized spacial score (nSPS) is 12.6. The van der Waals surface area contributed by atoms with Gasteiger partial charge in [0.1, 0.15) is 0 Å². The summed E-state index contributed by atoms with van der Waals surface area (Å²) in [5, 5.41) is 4.90. The number of aromatic nitrogens is 1. The van der Waals surface area contributed by atoms with Gasteiger partial charge in [-0.2, -0.15) is 0 Å². The highest BCUT2D eigenvalue weighted by Gasteiger charge is 2.36. The second kappa shape index (κ2) is 16.3. The summed E-state index contributed by atoms with van der Waals surface area (Å²) in [4.78, 5) is 2.50. The Morgan fingerprint density at radius 2 is 0.855 bits per heavy atom. The Bertz CT molecular complexity index is 3910. The molecule has 0 radical (unpaired) electrons. The quantitative estimate of drug-likeness (QED) is 0.148. The lowest BCUT2D eigenvalue weighted by Gasteiger charge is -2.30. The van der Waals surface area contributed by atoms with Gasteiger partial charge in [0.05, 0.1) is 22.4 Å². The van der Waals surface area contributed by atoms with Gasteiger partial charge in [0.2, 0.25) is 0 Å². The molecule has 0 amide bonds. The first-order chi connectivity index (χ1) is 34.0. The molecule has 0 saturated heterocycles. The Hall–Kier alpha value is -8.72. The SMILES string of the molecule is CC1(C)c2ccccc2-c2c(-c3ccc(N(c4ccccc4-c4cccc5cccc(-c6ccccc6)c45)c4ccccc4-c4cccc5c6ccccc6n(-c6ccccc6)c45)cc3)cccc21. The van der Waals surface area contributed by atoms with E-state index < -0.39 is 0 Å². The zero-order valence-electron chi connectivity index (χ0n) is 38.6. The number of hydrogen-bond donors (Lipinski definition) is 0. The fourth-order valence-corrected chi connectivity index (χ4v) is 11.5. The van der Waals surface area contributed by atoms with Crippen molar-refractivity contribution in [2.75, 3.05) is 4.90 Å². The standard InChI is InChI=1S/C67H48N2/c1-67(2)59-36-13-9-30-58(59)65-51(32-20-37-60(65)67)46-41-43-49(44-42-46)68(61-38-14-10-27-52(61)55-33-18-24-47-23-17-31-50(64(47)55)45-21-5-3-6-22-45)62-39-15-11-28-53(62)56-34-19-35-57-54-29-12-16-40-63(54)69(66(56)57)48-25-7-4-8-26-48/h3-44H,1-2H3. The molecule has 2 heteroatoms. The summed E-state index contributed by atoms with van der Waals surface area (Å²) in [7, 11) is 0. The number of fused-ring (bicyclic) bond motifs is 7. The highest BCUT2D eigenvalue weighted by Crippen LogP contribution is 2.53. The molecule has 1 aromatic heterocycles. The van der Waals surface area contributed by atoms with E-state index >= 15 is 0 Å². The largest absolute Gasteiger partial charge is 0.309 e. The Kier molecular flexibility index (Phi) is 9.55. The zero-order valence-corrected chi connectivity index (χ0v) is 38.6. The first kappa shape index (κ1) is 40.5. The molecule has 0 aliphatic heterocycles. The first-order valence-corrected chi connectivity index (χ1v) is 24.0. The van der Waals surface area contributed by atoms with Gasteiger partial charge in [-0.05, 0) is 103 Å². The number of nitrogens with zero attached hydrogens (tertiary/aromatic N) is 2. The van der Waals surface area contributed by atoms with Crippen molar-refractivity contribution in [2.45, 2.75) is 19.3 Å². The van der Waals surface area contributed by atoms with Gasteiger partial charge < -0.3 is 9.47 Å². The minimum absolute atomic E-state index is 0.0802. The van der Waals surface area contributed by atoms with Crippen molar-refractivity contribution >= 4 is 49.6 Å². The monoisotopic (exact) mass is 880 g/mol. The van der Waals surface area contributed by atoms with Crippen molar-refractivity contribution in [1.82, 2.24) is 4.57 Å². The third-order valence-corrected chi connectivity index (χ3v) is 14.6. The molecule has 2 nitrogen and oxygen atoms in total. The lowest BCUT2D eigenvalue weighted by molar-refractivity contribution is 0.660. The van der Waals surface area contributed by atoms with E-state index in [1.807, 2.05) is 0 Å². The summed E-state index contributed by atoms with van der Waals surface area (Å²) in [5.74, 6) is 0. The second-order valence-electron chi connectivity index (χ2n) is 18.8. The van der Waals surface area contributed by atoms with Crippen LogP contribution in [-0.2, 0) is 5.41 Å². The molecule has 0 unspecified atom stereocenters. The van der Waals surface area contributed by atoms with Crippen LogP contribution in [0.3, 0.4) is 0 Å². The molecular formula is C67H48N2. The maximum atomic E-state index is 2.50. The van der Waals surface area contributed by atoms with E-state index in [9.17, 15) is 0 Å². The van der Waals surface area contributed by atoms with Crippen molar-refractivity contribution in [3.63, 3.8) is 0 Å². The van der Waals surface area contributed by atoms with Gasteiger partial charge in [0.15, 0.2) is 0 Å². The molecule has 0 saturated carbocycles. The Labute approximate surface area is 403 Å². The highest BCUT2D eigenvalue weighted by molar-refractivity contribution is 6.15. The van der Waals surface area contributed by atoms with Crippen LogP contribution in [0.2, 0.25) is 0 Å². The van der Waals surface area contributed by atoms with Crippen LogP contribution in [0.5, 0.6) is 0 Å². The van der Waals surface area contributed by atoms with E-state index in [1.165, 1.54) is 88.2 Å². The molecule has 69 heavy (non-hydrogen) atoms. The van der Waals surface area contributed by atoms with E-state index in [-0.39, 0.29) is 5.41 Å². The Balaban J connectivity index is 1.06. The van der Waals surface area contributed by atoms with Crippen LogP contribution in [0.25, 0.3) is 93.9 Å². The average molecular weight is 881 g/mol. The van der Waals surface area contributed by atoms with Gasteiger partial charge in [0, 0.05) is 44.3 Å². The van der Waals surface area contributed by atoms with Crippen LogP contribution in [0.4, 0.5) is 17.1 Å². The summed E-state index contributed by atoms with van der Waals surface area (Å²) < 4.78 is 2.45. The summed E-state index contributed by atoms with van der Waals surface area (Å²) in [6.07, 6.45) is 0. The van der Waals surface area contributed by atoms with Crippen LogP contribution in [0.1, 0.15) is 25.0 Å². The minimum atomic E-state index is -0.0802. The van der Waals surface area contributed by atoms with E-state index in [2.05, 4.69) is 278 Å². The molecule has 0 bridgehead atoms. The number of para-hydroxylation sites is 5. The van der Waals surface area contributed by atoms with Crippen LogP contribution in [-0.4, -0.2) is 4.57 Å². The Morgan fingerprint density at radius 1 is 0.348 bits per heavy atom. The molecule has 1 aliphatic carbocycles. The van der Waals surface area contributed by atoms with Gasteiger partial charge >= 0.3 is 0 Å². The molecule has 0 spiro atoms. The molecule has 0 N–H and O–H groups in total. The number of rotatable bonds is 8. The topological polar surface area (TPSA) is 8.17 Å². The van der Waals surface area contributed by atoms with Gasteiger partial charge in [-0.25, -0.2) is 0 Å². The van der Waals surface area contributed by atoms with Crippen LogP contribution >= 0.6 is 0 Å². The van der Waals surface area contributed by atoms with E-state index in [0.717, 1.165) is 33.9 Å². The molecule has 0 atom stereocenters. The van der Waals surface area contributed by atoms with Crippen molar-refractivity contribution in [1.29, 1.82) is 0 Å². The van der Waals surface area contributed by atoms with E-state index in [1.54, 1.807) is 0 Å². The van der Waals surface area contributed by atoms with Gasteiger partial charge in [-0.1, -0.05) is 226 Å². The molecule has 1 heterocycles. The van der Waals surface area contributed by atoms with E-state index in [4.69, 9.17) is 0 Å². The van der Waals surface area contributed by atoms with Crippen LogP contribution < -0.4 is 4.90 Å². The smallest absolute Gasteiger partial charge is 0.0620 e. The van der Waals surface area contributed by atoms with Crippen LogP contribution in [0, 0.1) is 0 Å². The zero-order chi connectivity index (χ0) is 46.1. The molecular weight excluding hydrogens is 833 g/mol. The summed E-state index contributed by atoms with van der Waals surface area (Å²) in [5.41, 5.74) is 21.6. The first-order valence-electron chi connectivity index (χ1n) is 24.0. The summed E-state index contributed by atoms with van der Waals surface area (Å²) in [6, 6.07) is 93.7. The molecule has 11 aromatic carbocycles. The lowest BCUT2D eigenvalue weighted by Crippen LogP contribution is -2.14. The fourth-order valence-electron chi connectivity index (χ4n) is 11.5. The highest BCUT2D eigenvalue weighted by atomic mass is 15.1. The fraction of sp³-hybridized carbons (Fsp3) is 0.0448. The maximum Gasteiger partial charge on any atom is 0.0620 e. The molecule has 13 rings (SSSR count). The number of benzene rings is 11. The molecule has 326 valence electrons. The maximum absolute atomic E-state index is 2.50. The third-order valence-electron chi connectivity index (χ3n) is 14.6. The van der Waals surface area contributed by atoms with Crippen LogP contribution in [0.15, 0.2) is 255 Å². The van der Waals surface area contributed by atoms with Crippen molar-refractivity contribution in [3.05, 3.63) is 266 Å². The molecule has 12 aromatic rings. The predicted octanol–water partition coefficient (Wildman–Crippen LogP) is 18.4.